The van der Waals surface area contributed by atoms with E-state index < -0.39 is 17.7 Å². The number of fused-ring (bicyclic) bond motifs is 3. The van der Waals surface area contributed by atoms with Crippen LogP contribution in [0, 0.1) is 11.6 Å². The quantitative estimate of drug-likeness (QED) is 0.464. The third-order valence-electron chi connectivity index (χ3n) is 6.38. The maximum Gasteiger partial charge on any atom is 0.407 e. The van der Waals surface area contributed by atoms with Crippen molar-refractivity contribution in [2.24, 2.45) is 0 Å². The molecule has 0 spiro atoms. The molecule has 36 heavy (non-hydrogen) atoms. The Morgan fingerprint density at radius 3 is 2.78 bits per heavy atom. The Balaban J connectivity index is 1.40. The molecular formula is C25H20F2N6O3. The molecule has 0 radical (unpaired) electrons. The summed E-state index contributed by atoms with van der Waals surface area (Å²) in [5.74, 6) is -0.491. The fourth-order valence-corrected chi connectivity index (χ4v) is 4.55. The highest BCUT2D eigenvalue weighted by Crippen LogP contribution is 2.37. The molecule has 0 bridgehead atoms. The first-order chi connectivity index (χ1) is 17.5. The summed E-state index contributed by atoms with van der Waals surface area (Å²) in [6.07, 6.45) is 5.32. The van der Waals surface area contributed by atoms with E-state index in [4.69, 9.17) is 9.84 Å². The molecule has 182 valence electrons. The van der Waals surface area contributed by atoms with Crippen molar-refractivity contribution in [2.75, 3.05) is 19.7 Å². The first kappa shape index (κ1) is 22.0. The molecule has 9 nitrogen and oxygen atoms in total. The first-order valence-corrected chi connectivity index (χ1v) is 11.4. The lowest BCUT2D eigenvalue weighted by Crippen LogP contribution is -2.33. The molecule has 2 aromatic carbocycles. The monoisotopic (exact) mass is 490 g/mol. The molecule has 2 aliphatic rings. The van der Waals surface area contributed by atoms with Crippen molar-refractivity contribution in [1.29, 1.82) is 0 Å². The van der Waals surface area contributed by atoms with Gasteiger partial charge in [0, 0.05) is 42.9 Å². The molecular weight excluding hydrogens is 470 g/mol. The smallest absolute Gasteiger partial charge is 0.407 e. The molecule has 11 heteroatoms. The molecule has 0 aliphatic carbocycles. The lowest BCUT2D eigenvalue weighted by atomic mass is 9.96. The van der Waals surface area contributed by atoms with Crippen LogP contribution in [0.25, 0.3) is 28.5 Å². The van der Waals surface area contributed by atoms with E-state index in [0.29, 0.717) is 44.0 Å². The van der Waals surface area contributed by atoms with Crippen LogP contribution >= 0.6 is 0 Å². The summed E-state index contributed by atoms with van der Waals surface area (Å²) in [5, 5.41) is 18.1. The van der Waals surface area contributed by atoms with Crippen molar-refractivity contribution < 1.29 is 23.4 Å². The Kier molecular flexibility index (Phi) is 5.24. The number of carboxylic acid groups (broad SMARTS) is 1. The lowest BCUT2D eigenvalue weighted by molar-refractivity contribution is 0.150. The molecule has 4 heterocycles. The molecule has 0 unspecified atom stereocenters. The maximum atomic E-state index is 14.5. The number of rotatable bonds is 3. The number of ether oxygens (including phenoxy) is 1. The van der Waals surface area contributed by atoms with E-state index in [9.17, 15) is 18.7 Å². The van der Waals surface area contributed by atoms with Gasteiger partial charge in [-0.1, -0.05) is 12.1 Å². The van der Waals surface area contributed by atoms with Gasteiger partial charge in [0.1, 0.15) is 23.6 Å². The number of hydrogen-bond acceptors (Lipinski definition) is 5. The summed E-state index contributed by atoms with van der Waals surface area (Å²) in [6, 6.07) is 9.13. The largest absolute Gasteiger partial charge is 0.493 e. The van der Waals surface area contributed by atoms with Crippen LogP contribution in [-0.4, -0.2) is 60.3 Å². The van der Waals surface area contributed by atoms with Gasteiger partial charge in [-0.25, -0.2) is 18.3 Å². The van der Waals surface area contributed by atoms with E-state index in [1.165, 1.54) is 26.7 Å². The summed E-state index contributed by atoms with van der Waals surface area (Å²) in [4.78, 5) is 16.9. The second-order valence-electron chi connectivity index (χ2n) is 8.53. The highest BCUT2D eigenvalue weighted by molar-refractivity contribution is 5.78. The average molecular weight is 490 g/mol. The fourth-order valence-electron chi connectivity index (χ4n) is 4.55. The predicted molar refractivity (Wildman–Crippen MR) is 125 cm³/mol. The van der Waals surface area contributed by atoms with Gasteiger partial charge in [0.15, 0.2) is 5.82 Å². The molecule has 2 aromatic heterocycles. The predicted octanol–water partition coefficient (Wildman–Crippen LogP) is 4.10. The van der Waals surface area contributed by atoms with Gasteiger partial charge < -0.3 is 14.7 Å². The van der Waals surface area contributed by atoms with Gasteiger partial charge in [0.2, 0.25) is 0 Å². The van der Waals surface area contributed by atoms with Crippen LogP contribution in [0.3, 0.4) is 0 Å². The van der Waals surface area contributed by atoms with Crippen molar-refractivity contribution in [1.82, 2.24) is 29.4 Å². The van der Waals surface area contributed by atoms with Crippen LogP contribution in [0.15, 0.2) is 55.0 Å². The van der Waals surface area contributed by atoms with Crippen LogP contribution in [0.1, 0.15) is 17.5 Å². The number of hydrogen-bond donors (Lipinski definition) is 1. The summed E-state index contributed by atoms with van der Waals surface area (Å²) < 4.78 is 36.6. The van der Waals surface area contributed by atoms with E-state index >= 15 is 0 Å². The number of carbonyl (C=O) groups is 1. The average Bonchev–Trinajstić information content (AvgIpc) is 3.48. The van der Waals surface area contributed by atoms with Gasteiger partial charge >= 0.3 is 6.09 Å². The highest BCUT2D eigenvalue weighted by atomic mass is 19.1. The van der Waals surface area contributed by atoms with E-state index in [2.05, 4.69) is 10.1 Å². The van der Waals surface area contributed by atoms with E-state index in [1.807, 2.05) is 30.5 Å². The molecule has 0 atom stereocenters. The third-order valence-corrected chi connectivity index (χ3v) is 6.38. The zero-order valence-corrected chi connectivity index (χ0v) is 18.9. The third kappa shape index (κ3) is 3.78. The molecule has 2 aliphatic heterocycles. The SMILES string of the molecule is O=C(O)N1CC=C(c2ccc3c(c2)-c2nn(-c4ncnn4-c4ccc(F)cc4F)cc2CCO3)CC1. The summed E-state index contributed by atoms with van der Waals surface area (Å²) >= 11 is 0. The summed E-state index contributed by atoms with van der Waals surface area (Å²) in [7, 11) is 0. The van der Waals surface area contributed by atoms with Gasteiger partial charge in [0.05, 0.1) is 12.3 Å². The second-order valence-corrected chi connectivity index (χ2v) is 8.53. The Labute approximate surface area is 203 Å². The Bertz CT molecular complexity index is 1530. The fraction of sp³-hybridized carbons (Fsp3) is 0.200. The molecule has 4 aromatic rings. The zero-order chi connectivity index (χ0) is 24.8. The number of nitrogens with zero attached hydrogens (tertiary/aromatic N) is 6. The topological polar surface area (TPSA) is 98.3 Å². The standard InChI is InChI=1S/C25H20F2N6O3/c26-18-2-3-21(20(27)12-18)33-24(28-14-29-33)32-13-17-7-10-36-22-4-1-16(11-19(22)23(17)30-32)15-5-8-31(9-6-15)25(34)35/h1-5,11-14H,6-10H2,(H,34,35). The van der Waals surface area contributed by atoms with Gasteiger partial charge in [-0.3, -0.25) is 0 Å². The van der Waals surface area contributed by atoms with E-state index in [1.54, 1.807) is 0 Å². The van der Waals surface area contributed by atoms with Crippen LogP contribution in [-0.2, 0) is 6.42 Å². The van der Waals surface area contributed by atoms with Crippen LogP contribution in [0.2, 0.25) is 0 Å². The van der Waals surface area contributed by atoms with Crippen molar-refractivity contribution >= 4 is 11.7 Å². The minimum absolute atomic E-state index is 0.0558. The normalized spacial score (nSPS) is 14.9. The number of amides is 1. The molecule has 6 rings (SSSR count). The van der Waals surface area contributed by atoms with E-state index in [-0.39, 0.29) is 11.6 Å². The molecule has 0 saturated heterocycles. The van der Waals surface area contributed by atoms with Crippen molar-refractivity contribution in [3.8, 4) is 28.6 Å². The van der Waals surface area contributed by atoms with Gasteiger partial charge in [-0.2, -0.15) is 19.9 Å². The van der Waals surface area contributed by atoms with E-state index in [0.717, 1.165) is 34.4 Å². The Morgan fingerprint density at radius 2 is 2.00 bits per heavy atom. The van der Waals surface area contributed by atoms with Gasteiger partial charge in [-0.05, 0) is 41.8 Å². The maximum absolute atomic E-state index is 14.5. The number of aromatic nitrogens is 5. The minimum Gasteiger partial charge on any atom is -0.493 e. The van der Waals surface area contributed by atoms with Crippen molar-refractivity contribution in [2.45, 2.75) is 12.8 Å². The van der Waals surface area contributed by atoms with Crippen LogP contribution in [0.4, 0.5) is 13.6 Å². The highest BCUT2D eigenvalue weighted by Gasteiger charge is 2.24. The molecule has 0 fully saturated rings. The van der Waals surface area contributed by atoms with Crippen molar-refractivity contribution in [3.63, 3.8) is 0 Å². The molecule has 1 N–H and O–H groups in total. The summed E-state index contributed by atoms with van der Waals surface area (Å²) in [5.41, 5.74) is 4.53. The van der Waals surface area contributed by atoms with Crippen molar-refractivity contribution in [3.05, 3.63) is 77.8 Å². The Morgan fingerprint density at radius 1 is 1.11 bits per heavy atom. The zero-order valence-electron chi connectivity index (χ0n) is 18.9. The van der Waals surface area contributed by atoms with Gasteiger partial charge in [-0.15, -0.1) is 0 Å². The van der Waals surface area contributed by atoms with Crippen LogP contribution < -0.4 is 4.74 Å². The Hall–Kier alpha value is -4.54. The minimum atomic E-state index is -0.927. The van der Waals surface area contributed by atoms with Crippen LogP contribution in [0.5, 0.6) is 5.75 Å². The molecule has 0 saturated carbocycles. The lowest BCUT2D eigenvalue weighted by Gasteiger charge is -2.24. The number of halogens is 2. The second kappa shape index (κ2) is 8.59. The van der Waals surface area contributed by atoms with Gasteiger partial charge in [0.25, 0.3) is 5.95 Å². The summed E-state index contributed by atoms with van der Waals surface area (Å²) in [6.45, 7) is 1.23. The first-order valence-electron chi connectivity index (χ1n) is 11.4. The molecule has 1 amide bonds. The number of benzene rings is 2.